The Morgan fingerprint density at radius 3 is 2.61 bits per heavy atom. The van der Waals surface area contributed by atoms with Crippen LogP contribution in [0.2, 0.25) is 0 Å². The van der Waals surface area contributed by atoms with Gasteiger partial charge >= 0.3 is 0 Å². The van der Waals surface area contributed by atoms with Crippen LogP contribution in [0.15, 0.2) is 24.3 Å². The van der Waals surface area contributed by atoms with Crippen molar-refractivity contribution in [3.63, 3.8) is 0 Å². The van der Waals surface area contributed by atoms with Crippen LogP contribution < -0.4 is 16.8 Å². The monoisotopic (exact) mass is 251 g/mol. The number of nitrogens with one attached hydrogen (secondary N) is 1. The van der Waals surface area contributed by atoms with Gasteiger partial charge in [-0.05, 0) is 18.1 Å². The van der Waals surface area contributed by atoms with Crippen LogP contribution in [0, 0.1) is 0 Å². The van der Waals surface area contributed by atoms with Gasteiger partial charge in [0, 0.05) is 6.54 Å². The van der Waals surface area contributed by atoms with Gasteiger partial charge in [0.05, 0.1) is 12.5 Å². The van der Waals surface area contributed by atoms with Crippen LogP contribution in [0.3, 0.4) is 0 Å². The molecule has 6 N–H and O–H groups in total. The summed E-state index contributed by atoms with van der Waals surface area (Å²) in [6, 6.07) is 5.95. The van der Waals surface area contributed by atoms with Crippen LogP contribution in [0.4, 0.5) is 0 Å². The zero-order valence-corrected chi connectivity index (χ0v) is 9.93. The summed E-state index contributed by atoms with van der Waals surface area (Å²) in [5.41, 5.74) is 11.1. The lowest BCUT2D eigenvalue weighted by atomic mass is 10.1. The van der Waals surface area contributed by atoms with Gasteiger partial charge in [-0.2, -0.15) is 0 Å². The molecule has 18 heavy (non-hydrogen) atoms. The van der Waals surface area contributed by atoms with Crippen LogP contribution in [0.25, 0.3) is 0 Å². The Kier molecular flexibility index (Phi) is 5.13. The molecule has 98 valence electrons. The van der Waals surface area contributed by atoms with E-state index in [0.717, 1.165) is 5.56 Å². The lowest BCUT2D eigenvalue weighted by molar-refractivity contribution is -0.126. The lowest BCUT2D eigenvalue weighted by Crippen LogP contribution is -2.43. The minimum absolute atomic E-state index is 0.178. The Morgan fingerprint density at radius 1 is 1.33 bits per heavy atom. The first-order valence-corrected chi connectivity index (χ1v) is 5.59. The van der Waals surface area contributed by atoms with Crippen molar-refractivity contribution in [1.29, 1.82) is 0 Å². The first-order chi connectivity index (χ1) is 8.50. The molecule has 0 saturated carbocycles. The van der Waals surface area contributed by atoms with E-state index in [1.54, 1.807) is 24.3 Å². The maximum Gasteiger partial charge on any atom is 0.237 e. The maximum atomic E-state index is 11.4. The molecule has 0 aliphatic rings. The van der Waals surface area contributed by atoms with Crippen molar-refractivity contribution in [1.82, 2.24) is 5.32 Å². The highest BCUT2D eigenvalue weighted by Gasteiger charge is 2.15. The van der Waals surface area contributed by atoms with Crippen molar-refractivity contribution in [3.8, 4) is 5.75 Å². The number of hydrogen-bond donors (Lipinski definition) is 4. The number of primary amides is 1. The van der Waals surface area contributed by atoms with Crippen molar-refractivity contribution >= 4 is 11.8 Å². The van der Waals surface area contributed by atoms with Gasteiger partial charge in [0.25, 0.3) is 0 Å². The van der Waals surface area contributed by atoms with Crippen LogP contribution in [-0.2, 0) is 16.0 Å². The summed E-state index contributed by atoms with van der Waals surface area (Å²) in [6.45, 7) is 0.336. The SMILES string of the molecule is NC(=O)C[C@H](N)C(=O)NCCc1ccccc1O. The number of rotatable bonds is 6. The van der Waals surface area contributed by atoms with Crippen molar-refractivity contribution in [3.05, 3.63) is 29.8 Å². The van der Waals surface area contributed by atoms with Gasteiger partial charge in [0.2, 0.25) is 11.8 Å². The van der Waals surface area contributed by atoms with E-state index < -0.39 is 17.9 Å². The lowest BCUT2D eigenvalue weighted by Gasteiger charge is -2.10. The van der Waals surface area contributed by atoms with Crippen LogP contribution >= 0.6 is 0 Å². The number of aromatic hydroxyl groups is 1. The fourth-order valence-corrected chi connectivity index (χ4v) is 1.48. The normalized spacial score (nSPS) is 11.8. The van der Waals surface area contributed by atoms with E-state index in [-0.39, 0.29) is 12.2 Å². The predicted octanol–water partition coefficient (Wildman–Crippen LogP) is -0.746. The Labute approximate surface area is 105 Å². The minimum atomic E-state index is -0.924. The second kappa shape index (κ2) is 6.61. The van der Waals surface area contributed by atoms with E-state index in [2.05, 4.69) is 5.32 Å². The summed E-state index contributed by atoms with van der Waals surface area (Å²) in [5, 5.41) is 12.1. The molecular formula is C12H17N3O3. The molecule has 2 amide bonds. The van der Waals surface area contributed by atoms with Gasteiger partial charge in [-0.1, -0.05) is 18.2 Å². The number of carbonyl (C=O) groups is 2. The molecule has 0 aliphatic carbocycles. The highest BCUT2D eigenvalue weighted by Crippen LogP contribution is 2.15. The Balaban J connectivity index is 2.36. The zero-order valence-electron chi connectivity index (χ0n) is 9.93. The van der Waals surface area contributed by atoms with E-state index in [1.807, 2.05) is 0 Å². The summed E-state index contributed by atoms with van der Waals surface area (Å²) in [4.78, 5) is 22.0. The first kappa shape index (κ1) is 14.0. The maximum absolute atomic E-state index is 11.4. The van der Waals surface area contributed by atoms with Crippen LogP contribution in [-0.4, -0.2) is 29.5 Å². The molecule has 0 spiro atoms. The van der Waals surface area contributed by atoms with E-state index in [9.17, 15) is 14.7 Å². The molecule has 0 fully saturated rings. The molecule has 0 saturated heterocycles. The summed E-state index contributed by atoms with van der Waals surface area (Å²) in [7, 11) is 0. The standard InChI is InChI=1S/C12H17N3O3/c13-9(7-11(14)17)12(18)15-6-5-8-3-1-2-4-10(8)16/h1-4,9,16H,5-7,13H2,(H2,14,17)(H,15,18)/t9-/m0/s1. The number of nitrogens with two attached hydrogens (primary N) is 2. The summed E-state index contributed by atoms with van der Waals surface area (Å²) in [5.74, 6) is -0.851. The number of phenols is 1. The first-order valence-electron chi connectivity index (χ1n) is 5.59. The van der Waals surface area contributed by atoms with Crippen molar-refractivity contribution in [2.45, 2.75) is 18.9 Å². The highest BCUT2D eigenvalue weighted by atomic mass is 16.3. The van der Waals surface area contributed by atoms with Gasteiger partial charge in [0.15, 0.2) is 0 Å². The number of phenolic OH excluding ortho intramolecular Hbond substituents is 1. The average molecular weight is 251 g/mol. The predicted molar refractivity (Wildman–Crippen MR) is 66.6 cm³/mol. The van der Waals surface area contributed by atoms with E-state index in [0.29, 0.717) is 13.0 Å². The van der Waals surface area contributed by atoms with Crippen molar-refractivity contribution in [2.75, 3.05) is 6.54 Å². The quantitative estimate of drug-likeness (QED) is 0.532. The third-order valence-corrected chi connectivity index (χ3v) is 2.44. The fourth-order valence-electron chi connectivity index (χ4n) is 1.48. The molecule has 0 unspecified atom stereocenters. The summed E-state index contributed by atoms with van der Waals surface area (Å²) >= 11 is 0. The molecule has 0 aliphatic heterocycles. The second-order valence-corrected chi connectivity index (χ2v) is 3.95. The van der Waals surface area contributed by atoms with Gasteiger partial charge in [-0.3, -0.25) is 9.59 Å². The molecule has 6 nitrogen and oxygen atoms in total. The van der Waals surface area contributed by atoms with Crippen molar-refractivity contribution < 1.29 is 14.7 Å². The van der Waals surface area contributed by atoms with E-state index >= 15 is 0 Å². The third-order valence-electron chi connectivity index (χ3n) is 2.44. The van der Waals surface area contributed by atoms with Gasteiger partial charge in [-0.15, -0.1) is 0 Å². The van der Waals surface area contributed by atoms with Gasteiger partial charge < -0.3 is 21.9 Å². The molecule has 1 aromatic carbocycles. The van der Waals surface area contributed by atoms with Gasteiger partial charge in [-0.25, -0.2) is 0 Å². The minimum Gasteiger partial charge on any atom is -0.508 e. The molecule has 0 heterocycles. The largest absolute Gasteiger partial charge is 0.508 e. The van der Waals surface area contributed by atoms with E-state index in [1.165, 1.54) is 0 Å². The second-order valence-electron chi connectivity index (χ2n) is 3.95. The Morgan fingerprint density at radius 2 is 2.00 bits per heavy atom. The topological polar surface area (TPSA) is 118 Å². The summed E-state index contributed by atoms with van der Waals surface area (Å²) in [6.07, 6.45) is 0.310. The van der Waals surface area contributed by atoms with E-state index in [4.69, 9.17) is 11.5 Å². The van der Waals surface area contributed by atoms with Gasteiger partial charge in [0.1, 0.15) is 5.75 Å². The number of amides is 2. The Bertz CT molecular complexity index is 434. The smallest absolute Gasteiger partial charge is 0.237 e. The number of para-hydroxylation sites is 1. The molecule has 0 bridgehead atoms. The molecule has 1 aromatic rings. The van der Waals surface area contributed by atoms with Crippen LogP contribution in [0.5, 0.6) is 5.75 Å². The molecular weight excluding hydrogens is 234 g/mol. The highest BCUT2D eigenvalue weighted by molar-refractivity contribution is 5.87. The third kappa shape index (κ3) is 4.42. The van der Waals surface area contributed by atoms with Crippen LogP contribution in [0.1, 0.15) is 12.0 Å². The molecule has 6 heteroatoms. The zero-order chi connectivity index (χ0) is 13.5. The summed E-state index contributed by atoms with van der Waals surface area (Å²) < 4.78 is 0. The Hall–Kier alpha value is -2.08. The van der Waals surface area contributed by atoms with Crippen molar-refractivity contribution in [2.24, 2.45) is 11.5 Å². The number of benzene rings is 1. The molecule has 0 radical (unpaired) electrons. The molecule has 1 atom stereocenters. The molecule has 0 aromatic heterocycles. The average Bonchev–Trinajstić information content (AvgIpc) is 2.30. The number of hydrogen-bond acceptors (Lipinski definition) is 4. The number of carbonyl (C=O) groups excluding carboxylic acids is 2. The fraction of sp³-hybridized carbons (Fsp3) is 0.333. The molecule has 1 rings (SSSR count).